The Balaban J connectivity index is 1.77. The number of rotatable bonds is 6. The molecule has 0 atom stereocenters. The van der Waals surface area contributed by atoms with Crippen LogP contribution in [-0.2, 0) is 0 Å². The molecule has 2 aromatic carbocycles. The van der Waals surface area contributed by atoms with Crippen LogP contribution in [0.1, 0.15) is 43.0 Å². The van der Waals surface area contributed by atoms with Gasteiger partial charge in [-0.1, -0.05) is 17.7 Å². The largest absolute Gasteiger partial charge is 0.497 e. The van der Waals surface area contributed by atoms with E-state index in [2.05, 4.69) is 21.7 Å². The predicted octanol–water partition coefficient (Wildman–Crippen LogP) is 5.71. The third kappa shape index (κ3) is 4.68. The average Bonchev–Trinajstić information content (AvgIpc) is 2.78. The van der Waals surface area contributed by atoms with Gasteiger partial charge in [-0.3, -0.25) is 9.78 Å². The summed E-state index contributed by atoms with van der Waals surface area (Å²) >= 11 is 6.29. The predicted molar refractivity (Wildman–Crippen MR) is 127 cm³/mol. The van der Waals surface area contributed by atoms with Crippen LogP contribution >= 0.6 is 11.6 Å². The van der Waals surface area contributed by atoms with Gasteiger partial charge in [0.2, 0.25) is 0 Å². The Labute approximate surface area is 188 Å². The van der Waals surface area contributed by atoms with E-state index in [0.717, 1.165) is 53.4 Å². The van der Waals surface area contributed by atoms with Crippen molar-refractivity contribution >= 4 is 34.0 Å². The van der Waals surface area contributed by atoms with Crippen LogP contribution in [0.4, 0.5) is 5.69 Å². The van der Waals surface area contributed by atoms with E-state index in [1.165, 1.54) is 0 Å². The summed E-state index contributed by atoms with van der Waals surface area (Å²) < 4.78 is 5.38. The molecule has 31 heavy (non-hydrogen) atoms. The van der Waals surface area contributed by atoms with Crippen molar-refractivity contribution in [3.8, 4) is 16.9 Å². The highest BCUT2D eigenvalue weighted by Crippen LogP contribution is 2.35. The van der Waals surface area contributed by atoms with Crippen LogP contribution in [0, 0.1) is 0 Å². The van der Waals surface area contributed by atoms with E-state index in [4.69, 9.17) is 16.3 Å². The number of ether oxygens (including phenoxy) is 1. The lowest BCUT2D eigenvalue weighted by Gasteiger charge is -2.30. The number of nitrogens with zero attached hydrogens (tertiary/aromatic N) is 1. The quantitative estimate of drug-likeness (QED) is 0.483. The Kier molecular flexibility index (Phi) is 6.44. The number of hydrogen-bond acceptors (Lipinski definition) is 5. The summed E-state index contributed by atoms with van der Waals surface area (Å²) in [5, 5.41) is 8.63. The molecule has 1 aliphatic rings. The van der Waals surface area contributed by atoms with Crippen LogP contribution in [0.2, 0.25) is 5.02 Å². The zero-order chi connectivity index (χ0) is 22.0. The molecule has 5 nitrogen and oxygen atoms in total. The summed E-state index contributed by atoms with van der Waals surface area (Å²) in [7, 11) is 3.65. The van der Waals surface area contributed by atoms with E-state index in [1.807, 2.05) is 31.3 Å². The van der Waals surface area contributed by atoms with Crippen molar-refractivity contribution in [2.75, 3.05) is 19.5 Å². The van der Waals surface area contributed by atoms with Crippen molar-refractivity contribution in [2.45, 2.75) is 44.7 Å². The molecule has 0 spiro atoms. The number of fused-ring (bicyclic) bond motifs is 1. The van der Waals surface area contributed by atoms with Gasteiger partial charge < -0.3 is 15.4 Å². The molecule has 0 aliphatic heterocycles. The molecule has 6 heteroatoms. The molecule has 4 rings (SSSR count). The van der Waals surface area contributed by atoms with Crippen LogP contribution < -0.4 is 15.4 Å². The molecular formula is C25H28ClN3O2. The summed E-state index contributed by atoms with van der Waals surface area (Å²) in [6.45, 7) is 1.59. The Hall–Kier alpha value is -2.63. The van der Waals surface area contributed by atoms with Crippen LogP contribution in [0.25, 0.3) is 22.0 Å². The smallest absolute Gasteiger partial charge is 0.163 e. The van der Waals surface area contributed by atoms with Crippen molar-refractivity contribution in [1.29, 1.82) is 0 Å². The maximum atomic E-state index is 12.4. The summed E-state index contributed by atoms with van der Waals surface area (Å²) in [5.41, 5.74) is 4.32. The molecule has 3 aromatic rings. The van der Waals surface area contributed by atoms with Gasteiger partial charge in [-0.25, -0.2) is 0 Å². The highest BCUT2D eigenvalue weighted by Gasteiger charge is 2.22. The zero-order valence-electron chi connectivity index (χ0n) is 18.2. The summed E-state index contributed by atoms with van der Waals surface area (Å²) in [6, 6.07) is 12.7. The molecule has 0 unspecified atom stereocenters. The van der Waals surface area contributed by atoms with Crippen molar-refractivity contribution < 1.29 is 9.53 Å². The van der Waals surface area contributed by atoms with Gasteiger partial charge in [-0.2, -0.15) is 0 Å². The number of benzene rings is 2. The molecule has 1 aliphatic carbocycles. The minimum atomic E-state index is 0.00985. The standard InChI is InChI=1S/C25H28ClN3O2/c1-15(30)23-14-28-24-9-4-16(17-10-18(26)13-21(11-17)31-3)12-22(24)25(23)29-20-7-5-19(27-2)6-8-20/h4,9-14,19-20,27H,5-8H2,1-3H3,(H,28,29). The van der Waals surface area contributed by atoms with Crippen molar-refractivity contribution in [3.05, 3.63) is 53.2 Å². The Bertz CT molecular complexity index is 1110. The minimum absolute atomic E-state index is 0.00985. The first-order chi connectivity index (χ1) is 15.0. The Morgan fingerprint density at radius 3 is 2.48 bits per heavy atom. The van der Waals surface area contributed by atoms with E-state index < -0.39 is 0 Å². The van der Waals surface area contributed by atoms with Crippen molar-refractivity contribution in [2.24, 2.45) is 0 Å². The number of carbonyl (C=O) groups excluding carboxylic acids is 1. The first-order valence-corrected chi connectivity index (χ1v) is 11.1. The number of anilines is 1. The fraction of sp³-hybridized carbons (Fsp3) is 0.360. The van der Waals surface area contributed by atoms with Crippen molar-refractivity contribution in [1.82, 2.24) is 10.3 Å². The van der Waals surface area contributed by atoms with Crippen LogP contribution in [0.15, 0.2) is 42.6 Å². The van der Waals surface area contributed by atoms with Gasteiger partial charge in [-0.05, 0) is 81.1 Å². The number of Topliss-reactive ketones (excluding diaryl/α,β-unsaturated/α-hetero) is 1. The van der Waals surface area contributed by atoms with Gasteiger partial charge in [0.15, 0.2) is 5.78 Å². The molecule has 2 N–H and O–H groups in total. The second kappa shape index (κ2) is 9.25. The van der Waals surface area contributed by atoms with Gasteiger partial charge in [0.25, 0.3) is 0 Å². The maximum absolute atomic E-state index is 12.4. The van der Waals surface area contributed by atoms with Crippen LogP contribution in [-0.4, -0.2) is 37.0 Å². The first-order valence-electron chi connectivity index (χ1n) is 10.7. The number of halogens is 1. The monoisotopic (exact) mass is 437 g/mol. The topological polar surface area (TPSA) is 63.2 Å². The second-order valence-electron chi connectivity index (χ2n) is 8.20. The summed E-state index contributed by atoms with van der Waals surface area (Å²) in [4.78, 5) is 17.0. The summed E-state index contributed by atoms with van der Waals surface area (Å²) in [5.74, 6) is 0.716. The Morgan fingerprint density at radius 1 is 1.06 bits per heavy atom. The SMILES string of the molecule is CNC1CCC(Nc2c(C(C)=O)cnc3ccc(-c4cc(Cl)cc(OC)c4)cc23)CC1. The molecule has 1 heterocycles. The molecular weight excluding hydrogens is 410 g/mol. The average molecular weight is 438 g/mol. The fourth-order valence-electron chi connectivity index (χ4n) is 4.37. The number of ketones is 1. The van der Waals surface area contributed by atoms with E-state index in [9.17, 15) is 4.79 Å². The molecule has 1 saturated carbocycles. The molecule has 1 fully saturated rings. The van der Waals surface area contributed by atoms with Crippen LogP contribution in [0.5, 0.6) is 5.75 Å². The van der Waals surface area contributed by atoms with E-state index in [0.29, 0.717) is 28.4 Å². The minimum Gasteiger partial charge on any atom is -0.497 e. The third-order valence-electron chi connectivity index (χ3n) is 6.17. The molecule has 162 valence electrons. The molecule has 1 aromatic heterocycles. The second-order valence-corrected chi connectivity index (χ2v) is 8.63. The number of carbonyl (C=O) groups is 1. The van der Waals surface area contributed by atoms with Gasteiger partial charge in [0.05, 0.1) is 23.9 Å². The lowest BCUT2D eigenvalue weighted by molar-refractivity contribution is 0.101. The van der Waals surface area contributed by atoms with Gasteiger partial charge in [0, 0.05) is 28.7 Å². The molecule has 0 amide bonds. The highest BCUT2D eigenvalue weighted by atomic mass is 35.5. The normalized spacial score (nSPS) is 18.7. The Morgan fingerprint density at radius 2 is 1.81 bits per heavy atom. The van der Waals surface area contributed by atoms with Gasteiger partial charge in [0.1, 0.15) is 5.75 Å². The highest BCUT2D eigenvalue weighted by molar-refractivity contribution is 6.31. The van der Waals surface area contributed by atoms with Crippen molar-refractivity contribution in [3.63, 3.8) is 0 Å². The number of nitrogens with one attached hydrogen (secondary N) is 2. The molecule has 0 radical (unpaired) electrons. The zero-order valence-corrected chi connectivity index (χ0v) is 18.9. The maximum Gasteiger partial charge on any atom is 0.163 e. The number of methoxy groups -OCH3 is 1. The van der Waals surface area contributed by atoms with Gasteiger partial charge in [-0.15, -0.1) is 0 Å². The third-order valence-corrected chi connectivity index (χ3v) is 6.39. The lowest BCUT2D eigenvalue weighted by atomic mass is 9.90. The molecule has 0 bridgehead atoms. The number of aromatic nitrogens is 1. The van der Waals surface area contributed by atoms with E-state index >= 15 is 0 Å². The lowest BCUT2D eigenvalue weighted by Crippen LogP contribution is -2.35. The number of pyridine rings is 1. The first kappa shape index (κ1) is 21.6. The van der Waals surface area contributed by atoms with Crippen LogP contribution in [0.3, 0.4) is 0 Å². The van der Waals surface area contributed by atoms with E-state index in [1.54, 1.807) is 26.3 Å². The number of hydrogen-bond donors (Lipinski definition) is 2. The van der Waals surface area contributed by atoms with Gasteiger partial charge >= 0.3 is 0 Å². The fourth-order valence-corrected chi connectivity index (χ4v) is 4.60. The summed E-state index contributed by atoms with van der Waals surface area (Å²) in [6.07, 6.45) is 6.07. The molecule has 0 saturated heterocycles. The van der Waals surface area contributed by atoms with E-state index in [-0.39, 0.29) is 5.78 Å².